The third-order valence-corrected chi connectivity index (χ3v) is 6.84. The van der Waals surface area contributed by atoms with Gasteiger partial charge in [-0.25, -0.2) is 14.8 Å². The lowest BCUT2D eigenvalue weighted by Crippen LogP contribution is -2.43. The highest BCUT2D eigenvalue weighted by molar-refractivity contribution is 9.10. The van der Waals surface area contributed by atoms with E-state index < -0.39 is 18.2 Å². The summed E-state index contributed by atoms with van der Waals surface area (Å²) in [6.45, 7) is 0. The van der Waals surface area contributed by atoms with Crippen molar-refractivity contribution in [3.8, 4) is 22.5 Å². The van der Waals surface area contributed by atoms with Crippen LogP contribution in [-0.4, -0.2) is 35.3 Å². The minimum absolute atomic E-state index is 0.00866. The quantitative estimate of drug-likeness (QED) is 0.222. The SMILES string of the molecule is COC(=O)[C@@H](Nc1nc(-c2ccc(Br)cc2)cs1)C(F)(F)F.Nc1nc(-c2ccc(Br)cc2)cs1. The van der Waals surface area contributed by atoms with Crippen LogP contribution < -0.4 is 11.1 Å². The van der Waals surface area contributed by atoms with Gasteiger partial charge in [0, 0.05) is 30.8 Å². The molecule has 35 heavy (non-hydrogen) atoms. The molecule has 2 heterocycles. The van der Waals surface area contributed by atoms with Gasteiger partial charge in [0.25, 0.3) is 0 Å². The fourth-order valence-electron chi connectivity index (χ4n) is 2.65. The van der Waals surface area contributed by atoms with E-state index >= 15 is 0 Å². The molecule has 0 saturated carbocycles. The highest BCUT2D eigenvalue weighted by Crippen LogP contribution is 2.30. The summed E-state index contributed by atoms with van der Waals surface area (Å²) in [6.07, 6.45) is -4.77. The predicted octanol–water partition coefficient (Wildman–Crippen LogP) is 7.24. The van der Waals surface area contributed by atoms with Crippen molar-refractivity contribution in [2.24, 2.45) is 0 Å². The summed E-state index contributed by atoms with van der Waals surface area (Å²) in [5.41, 5.74) is 8.86. The fraction of sp³-hybridized carbons (Fsp3) is 0.136. The van der Waals surface area contributed by atoms with E-state index in [1.165, 1.54) is 11.3 Å². The van der Waals surface area contributed by atoms with Gasteiger partial charge in [0.2, 0.25) is 6.04 Å². The van der Waals surface area contributed by atoms with E-state index in [2.05, 4.69) is 51.9 Å². The number of rotatable bonds is 5. The molecule has 4 rings (SSSR count). The van der Waals surface area contributed by atoms with Crippen LogP contribution in [0.15, 0.2) is 68.2 Å². The average Bonchev–Trinajstić information content (AvgIpc) is 3.47. The lowest BCUT2D eigenvalue weighted by Gasteiger charge is -2.18. The highest BCUT2D eigenvalue weighted by atomic mass is 79.9. The van der Waals surface area contributed by atoms with E-state index in [-0.39, 0.29) is 5.13 Å². The van der Waals surface area contributed by atoms with Crippen LogP contribution in [0.2, 0.25) is 0 Å². The number of nitrogen functional groups attached to an aromatic ring is 1. The largest absolute Gasteiger partial charge is 0.467 e. The van der Waals surface area contributed by atoms with Crippen molar-refractivity contribution < 1.29 is 22.7 Å². The Morgan fingerprint density at radius 3 is 1.86 bits per heavy atom. The molecule has 2 aromatic heterocycles. The first kappa shape index (κ1) is 27.1. The van der Waals surface area contributed by atoms with Gasteiger partial charge in [0.15, 0.2) is 10.3 Å². The summed E-state index contributed by atoms with van der Waals surface area (Å²) < 4.78 is 44.6. The van der Waals surface area contributed by atoms with Crippen molar-refractivity contribution in [2.45, 2.75) is 12.2 Å². The van der Waals surface area contributed by atoms with Gasteiger partial charge in [-0.3, -0.25) is 0 Å². The van der Waals surface area contributed by atoms with Gasteiger partial charge >= 0.3 is 12.1 Å². The number of nitrogens with two attached hydrogens (primary N) is 1. The average molecular weight is 650 g/mol. The molecule has 0 aliphatic carbocycles. The Kier molecular flexibility index (Phi) is 9.27. The summed E-state index contributed by atoms with van der Waals surface area (Å²) in [4.78, 5) is 19.5. The molecule has 0 fully saturated rings. The molecule has 0 bridgehead atoms. The summed E-state index contributed by atoms with van der Waals surface area (Å²) in [7, 11) is 0.901. The van der Waals surface area contributed by atoms with Crippen LogP contribution in [0.4, 0.5) is 23.4 Å². The summed E-state index contributed by atoms with van der Waals surface area (Å²) in [5.74, 6) is -1.41. The molecule has 6 nitrogen and oxygen atoms in total. The molecule has 0 radical (unpaired) electrons. The number of alkyl halides is 3. The van der Waals surface area contributed by atoms with Crippen molar-refractivity contribution in [1.82, 2.24) is 9.97 Å². The van der Waals surface area contributed by atoms with Gasteiger partial charge < -0.3 is 15.8 Å². The number of nitrogens with zero attached hydrogens (tertiary/aromatic N) is 2. The van der Waals surface area contributed by atoms with Crippen molar-refractivity contribution in [1.29, 1.82) is 0 Å². The Labute approximate surface area is 223 Å². The maximum absolute atomic E-state index is 12.8. The minimum atomic E-state index is -4.77. The molecule has 1 atom stereocenters. The Hall–Kier alpha value is -2.48. The van der Waals surface area contributed by atoms with Gasteiger partial charge in [0.05, 0.1) is 18.5 Å². The molecular weight excluding hydrogens is 633 g/mol. The summed E-state index contributed by atoms with van der Waals surface area (Å²) >= 11 is 9.11. The molecule has 0 aliphatic heterocycles. The number of methoxy groups -OCH3 is 1. The third kappa shape index (κ3) is 7.75. The molecule has 0 aliphatic rings. The Morgan fingerprint density at radius 1 is 0.943 bits per heavy atom. The molecule has 3 N–H and O–H groups in total. The molecule has 2 aromatic carbocycles. The van der Waals surface area contributed by atoms with E-state index in [0.717, 1.165) is 44.2 Å². The maximum atomic E-state index is 12.8. The van der Waals surface area contributed by atoms with Crippen molar-refractivity contribution >= 4 is 70.8 Å². The van der Waals surface area contributed by atoms with Crippen molar-refractivity contribution in [3.63, 3.8) is 0 Å². The Balaban J connectivity index is 0.000000223. The van der Waals surface area contributed by atoms with Crippen LogP contribution in [0.5, 0.6) is 0 Å². The van der Waals surface area contributed by atoms with Gasteiger partial charge in [-0.05, 0) is 24.3 Å². The second kappa shape index (κ2) is 12.0. The lowest BCUT2D eigenvalue weighted by molar-refractivity contribution is -0.173. The molecule has 0 saturated heterocycles. The van der Waals surface area contributed by atoms with E-state index in [1.54, 1.807) is 29.6 Å². The van der Waals surface area contributed by atoms with Crippen LogP contribution in [0.3, 0.4) is 0 Å². The summed E-state index contributed by atoms with van der Waals surface area (Å²) in [6, 6.07) is 12.7. The molecule has 0 amide bonds. The first-order valence-electron chi connectivity index (χ1n) is 9.66. The number of carbonyl (C=O) groups excluding carboxylic acids is 1. The van der Waals surface area contributed by atoms with E-state index in [9.17, 15) is 18.0 Å². The zero-order valence-corrected chi connectivity index (χ0v) is 22.7. The number of aromatic nitrogens is 2. The van der Waals surface area contributed by atoms with Gasteiger partial charge in [-0.1, -0.05) is 56.1 Å². The fourth-order valence-corrected chi connectivity index (χ4v) is 4.50. The number of ether oxygens (including phenoxy) is 1. The molecule has 0 unspecified atom stereocenters. The molecule has 13 heteroatoms. The minimum Gasteiger partial charge on any atom is -0.467 e. The van der Waals surface area contributed by atoms with E-state index in [4.69, 9.17) is 5.73 Å². The Bertz CT molecular complexity index is 1260. The second-order valence-corrected chi connectivity index (χ2v) is 10.3. The monoisotopic (exact) mass is 648 g/mol. The first-order valence-corrected chi connectivity index (χ1v) is 13.0. The third-order valence-electron chi connectivity index (χ3n) is 4.34. The number of thiazole rings is 2. The Morgan fingerprint density at radius 2 is 1.43 bits per heavy atom. The van der Waals surface area contributed by atoms with E-state index in [0.29, 0.717) is 10.8 Å². The zero-order valence-electron chi connectivity index (χ0n) is 17.8. The van der Waals surface area contributed by atoms with Gasteiger partial charge in [-0.15, -0.1) is 22.7 Å². The van der Waals surface area contributed by atoms with Crippen LogP contribution in [0.1, 0.15) is 0 Å². The topological polar surface area (TPSA) is 90.1 Å². The summed E-state index contributed by atoms with van der Waals surface area (Å²) in [5, 5.41) is 6.23. The molecule has 0 spiro atoms. The molecule has 4 aromatic rings. The highest BCUT2D eigenvalue weighted by Gasteiger charge is 2.46. The second-order valence-electron chi connectivity index (χ2n) is 6.76. The standard InChI is InChI=1S/C13H10BrF3N2O2S.C9H7BrN2S/c1-21-11(20)10(13(15,16)17)19-12-18-9(6-22-12)7-2-4-8(14)5-3-7;10-7-3-1-6(2-4-7)8-5-13-9(11)12-8/h2-6,10H,1H3,(H,18,19);1-5H,(H2,11,12)/t10-;/m1./s1. The van der Waals surface area contributed by atoms with Crippen molar-refractivity contribution in [3.05, 3.63) is 68.2 Å². The molecule has 184 valence electrons. The van der Waals surface area contributed by atoms with Crippen LogP contribution in [0.25, 0.3) is 22.5 Å². The number of nitrogens with one attached hydrogen (secondary N) is 1. The number of hydrogen-bond donors (Lipinski definition) is 2. The zero-order chi connectivity index (χ0) is 25.6. The smallest absolute Gasteiger partial charge is 0.419 e. The first-order chi connectivity index (χ1) is 16.6. The van der Waals surface area contributed by atoms with Crippen LogP contribution >= 0.6 is 54.5 Å². The normalized spacial score (nSPS) is 11.8. The number of carbonyl (C=O) groups is 1. The molecular formula is C22H17Br2F3N4O2S2. The number of halogens is 5. The van der Waals surface area contributed by atoms with Crippen LogP contribution in [-0.2, 0) is 9.53 Å². The lowest BCUT2D eigenvalue weighted by atomic mass is 10.2. The number of hydrogen-bond acceptors (Lipinski definition) is 8. The number of anilines is 2. The predicted molar refractivity (Wildman–Crippen MR) is 140 cm³/mol. The number of benzene rings is 2. The van der Waals surface area contributed by atoms with E-state index in [1.807, 2.05) is 29.6 Å². The van der Waals surface area contributed by atoms with Crippen LogP contribution in [0, 0.1) is 0 Å². The maximum Gasteiger partial charge on any atom is 0.419 e. The van der Waals surface area contributed by atoms with Crippen molar-refractivity contribution in [2.75, 3.05) is 18.2 Å². The van der Waals surface area contributed by atoms with Gasteiger partial charge in [-0.2, -0.15) is 13.2 Å². The van der Waals surface area contributed by atoms with Gasteiger partial charge in [0.1, 0.15) is 0 Å². The number of esters is 1.